The molecule has 0 aliphatic heterocycles. The summed E-state index contributed by atoms with van der Waals surface area (Å²) in [4.78, 5) is 14.0. The third-order valence-electron chi connectivity index (χ3n) is 3.69. The largest absolute Gasteiger partial charge is 0.342 e. The van der Waals surface area contributed by atoms with Gasteiger partial charge in [-0.15, -0.1) is 0 Å². The first kappa shape index (κ1) is 14.6. The van der Waals surface area contributed by atoms with E-state index in [-0.39, 0.29) is 11.9 Å². The molecule has 0 saturated carbocycles. The highest BCUT2D eigenvalue weighted by Crippen LogP contribution is 2.18. The molecule has 1 N–H and O–H groups in total. The summed E-state index contributed by atoms with van der Waals surface area (Å²) in [5, 5.41) is 4.32. The summed E-state index contributed by atoms with van der Waals surface area (Å²) in [5.41, 5.74) is 2.34. The fourth-order valence-corrected chi connectivity index (χ4v) is 2.23. The van der Waals surface area contributed by atoms with E-state index in [2.05, 4.69) is 29.6 Å². The Morgan fingerprint density at radius 1 is 1.35 bits per heavy atom. The molecule has 0 aliphatic carbocycles. The maximum absolute atomic E-state index is 12.2. The van der Waals surface area contributed by atoms with E-state index in [1.807, 2.05) is 38.7 Å². The number of carbonyl (C=O) groups excluding carboxylic acids is 1. The first-order valence-corrected chi connectivity index (χ1v) is 7.01. The predicted octanol–water partition coefficient (Wildman–Crippen LogP) is 2.23. The van der Waals surface area contributed by atoms with Crippen molar-refractivity contribution in [1.29, 1.82) is 0 Å². The zero-order chi connectivity index (χ0) is 14.7. The first-order valence-electron chi connectivity index (χ1n) is 7.01. The maximum atomic E-state index is 12.2. The SMILES string of the molecule is CNCc1ccc2ccn(CC(=O)N(C)C(C)C)c2c1. The molecule has 1 amide bonds. The van der Waals surface area contributed by atoms with Crippen molar-refractivity contribution in [3.8, 4) is 0 Å². The minimum absolute atomic E-state index is 0.136. The van der Waals surface area contributed by atoms with E-state index in [1.165, 1.54) is 10.9 Å². The third-order valence-corrected chi connectivity index (χ3v) is 3.69. The summed E-state index contributed by atoms with van der Waals surface area (Å²) in [7, 11) is 3.79. The number of fused-ring (bicyclic) bond motifs is 1. The maximum Gasteiger partial charge on any atom is 0.242 e. The van der Waals surface area contributed by atoms with Gasteiger partial charge in [0.15, 0.2) is 0 Å². The molecule has 0 fully saturated rings. The van der Waals surface area contributed by atoms with Crippen molar-refractivity contribution in [1.82, 2.24) is 14.8 Å². The molecule has 0 unspecified atom stereocenters. The molecular weight excluding hydrogens is 250 g/mol. The van der Waals surface area contributed by atoms with Crippen molar-refractivity contribution in [3.63, 3.8) is 0 Å². The Kier molecular flexibility index (Phi) is 4.45. The van der Waals surface area contributed by atoms with E-state index in [4.69, 9.17) is 0 Å². The fourth-order valence-electron chi connectivity index (χ4n) is 2.23. The molecule has 0 radical (unpaired) electrons. The molecule has 0 saturated heterocycles. The lowest BCUT2D eigenvalue weighted by Gasteiger charge is -2.22. The molecule has 0 bridgehead atoms. The van der Waals surface area contributed by atoms with E-state index in [1.54, 1.807) is 4.90 Å². The van der Waals surface area contributed by atoms with Crippen LogP contribution in [0.15, 0.2) is 30.5 Å². The number of benzene rings is 1. The molecule has 1 heterocycles. The molecular formula is C16H23N3O. The number of nitrogens with one attached hydrogen (secondary N) is 1. The monoisotopic (exact) mass is 273 g/mol. The number of likely N-dealkylation sites (N-methyl/N-ethyl adjacent to an activating group) is 1. The number of carbonyl (C=O) groups is 1. The molecule has 0 aliphatic rings. The number of rotatable bonds is 5. The van der Waals surface area contributed by atoms with Crippen LogP contribution < -0.4 is 5.32 Å². The number of amides is 1. The van der Waals surface area contributed by atoms with Crippen molar-refractivity contribution >= 4 is 16.8 Å². The van der Waals surface area contributed by atoms with E-state index in [9.17, 15) is 4.79 Å². The van der Waals surface area contributed by atoms with E-state index >= 15 is 0 Å². The van der Waals surface area contributed by atoms with Crippen molar-refractivity contribution in [2.45, 2.75) is 33.0 Å². The summed E-state index contributed by atoms with van der Waals surface area (Å²) >= 11 is 0. The molecule has 0 atom stereocenters. The number of hydrogen-bond acceptors (Lipinski definition) is 2. The normalized spacial score (nSPS) is 11.2. The van der Waals surface area contributed by atoms with Gasteiger partial charge in [-0.3, -0.25) is 4.79 Å². The Bertz CT molecular complexity index is 601. The van der Waals surface area contributed by atoms with Gasteiger partial charge in [0.05, 0.1) is 0 Å². The van der Waals surface area contributed by atoms with Crippen LogP contribution >= 0.6 is 0 Å². The van der Waals surface area contributed by atoms with Crippen LogP contribution in [0.1, 0.15) is 19.4 Å². The predicted molar refractivity (Wildman–Crippen MR) is 82.6 cm³/mol. The van der Waals surface area contributed by atoms with Gasteiger partial charge in [-0.2, -0.15) is 0 Å². The van der Waals surface area contributed by atoms with Crippen LogP contribution in [0, 0.1) is 0 Å². The van der Waals surface area contributed by atoms with E-state index in [0.717, 1.165) is 12.1 Å². The second-order valence-corrected chi connectivity index (χ2v) is 5.47. The van der Waals surface area contributed by atoms with Gasteiger partial charge in [-0.05, 0) is 44.0 Å². The Morgan fingerprint density at radius 3 is 2.75 bits per heavy atom. The van der Waals surface area contributed by atoms with Gasteiger partial charge in [-0.1, -0.05) is 12.1 Å². The van der Waals surface area contributed by atoms with Gasteiger partial charge in [0.2, 0.25) is 5.91 Å². The Hall–Kier alpha value is -1.81. The van der Waals surface area contributed by atoms with Crippen LogP contribution in [0.25, 0.3) is 10.9 Å². The number of aromatic nitrogens is 1. The van der Waals surface area contributed by atoms with Crippen LogP contribution in [0.5, 0.6) is 0 Å². The summed E-state index contributed by atoms with van der Waals surface area (Å²) < 4.78 is 2.02. The first-order chi connectivity index (χ1) is 9.52. The van der Waals surface area contributed by atoms with E-state index < -0.39 is 0 Å². The summed E-state index contributed by atoms with van der Waals surface area (Å²) in [6.45, 7) is 5.27. The molecule has 2 aromatic rings. The smallest absolute Gasteiger partial charge is 0.242 e. The minimum Gasteiger partial charge on any atom is -0.342 e. The summed E-state index contributed by atoms with van der Waals surface area (Å²) in [6.07, 6.45) is 1.99. The Morgan fingerprint density at radius 2 is 2.10 bits per heavy atom. The quantitative estimate of drug-likeness (QED) is 0.907. The average Bonchev–Trinajstić information content (AvgIpc) is 2.81. The Balaban J connectivity index is 2.25. The van der Waals surface area contributed by atoms with E-state index in [0.29, 0.717) is 6.54 Å². The molecule has 1 aromatic heterocycles. The lowest BCUT2D eigenvalue weighted by Crippen LogP contribution is -2.35. The van der Waals surface area contributed by atoms with Gasteiger partial charge in [0, 0.05) is 31.3 Å². The van der Waals surface area contributed by atoms with Crippen LogP contribution in [0.2, 0.25) is 0 Å². The molecule has 108 valence electrons. The highest BCUT2D eigenvalue weighted by atomic mass is 16.2. The third kappa shape index (κ3) is 3.02. The summed E-state index contributed by atoms with van der Waals surface area (Å²) in [5.74, 6) is 0.136. The molecule has 0 spiro atoms. The van der Waals surface area contributed by atoms with Crippen molar-refractivity contribution in [3.05, 3.63) is 36.0 Å². The average molecular weight is 273 g/mol. The zero-order valence-electron chi connectivity index (χ0n) is 12.7. The minimum atomic E-state index is 0.136. The topological polar surface area (TPSA) is 37.3 Å². The van der Waals surface area contributed by atoms with Gasteiger partial charge >= 0.3 is 0 Å². The van der Waals surface area contributed by atoms with Crippen molar-refractivity contribution in [2.24, 2.45) is 0 Å². The highest BCUT2D eigenvalue weighted by Gasteiger charge is 2.13. The number of hydrogen-bond donors (Lipinski definition) is 1. The zero-order valence-corrected chi connectivity index (χ0v) is 12.7. The lowest BCUT2D eigenvalue weighted by molar-refractivity contribution is -0.131. The van der Waals surface area contributed by atoms with Crippen LogP contribution in [-0.2, 0) is 17.9 Å². The van der Waals surface area contributed by atoms with Gasteiger partial charge in [0.25, 0.3) is 0 Å². The van der Waals surface area contributed by atoms with Crippen LogP contribution in [0.4, 0.5) is 0 Å². The second-order valence-electron chi connectivity index (χ2n) is 5.47. The van der Waals surface area contributed by atoms with Crippen LogP contribution in [0.3, 0.4) is 0 Å². The fraction of sp³-hybridized carbons (Fsp3) is 0.438. The molecule has 1 aromatic carbocycles. The van der Waals surface area contributed by atoms with Gasteiger partial charge < -0.3 is 14.8 Å². The second kappa shape index (κ2) is 6.09. The molecule has 20 heavy (non-hydrogen) atoms. The molecule has 4 heteroatoms. The van der Waals surface area contributed by atoms with Gasteiger partial charge in [-0.25, -0.2) is 0 Å². The van der Waals surface area contributed by atoms with Crippen molar-refractivity contribution < 1.29 is 4.79 Å². The van der Waals surface area contributed by atoms with Crippen LogP contribution in [-0.4, -0.2) is 35.5 Å². The highest BCUT2D eigenvalue weighted by molar-refractivity contribution is 5.83. The number of nitrogens with zero attached hydrogens (tertiary/aromatic N) is 2. The molecule has 2 rings (SSSR count). The van der Waals surface area contributed by atoms with Crippen molar-refractivity contribution in [2.75, 3.05) is 14.1 Å². The molecule has 4 nitrogen and oxygen atoms in total. The van der Waals surface area contributed by atoms with Gasteiger partial charge in [0.1, 0.15) is 6.54 Å². The Labute approximate surface area is 120 Å². The summed E-state index contributed by atoms with van der Waals surface area (Å²) in [6, 6.07) is 8.65. The lowest BCUT2D eigenvalue weighted by atomic mass is 10.1. The standard InChI is InChI=1S/C16H23N3O/c1-12(2)18(4)16(20)11-19-8-7-14-6-5-13(10-17-3)9-15(14)19/h5-9,12,17H,10-11H2,1-4H3.